The molecule has 0 aliphatic carbocycles. The predicted octanol–water partition coefficient (Wildman–Crippen LogP) is 3.15. The van der Waals surface area contributed by atoms with E-state index in [9.17, 15) is 5.11 Å². The fourth-order valence-corrected chi connectivity index (χ4v) is 2.49. The molecule has 0 saturated carbocycles. The summed E-state index contributed by atoms with van der Waals surface area (Å²) in [5.74, 6) is 0.988. The van der Waals surface area contributed by atoms with Gasteiger partial charge in [0.1, 0.15) is 11.5 Å². The molecule has 0 saturated heterocycles. The van der Waals surface area contributed by atoms with Crippen LogP contribution in [0.1, 0.15) is 29.2 Å². The minimum Gasteiger partial charge on any atom is -0.508 e. The molecule has 0 spiro atoms. The lowest BCUT2D eigenvalue weighted by Gasteiger charge is -2.13. The lowest BCUT2D eigenvalue weighted by Crippen LogP contribution is -2.10. The number of hydrogen-bond donors (Lipinski definition) is 2. The Morgan fingerprint density at radius 3 is 2.67 bits per heavy atom. The van der Waals surface area contributed by atoms with Gasteiger partial charge in [0.05, 0.1) is 18.9 Å². The highest BCUT2D eigenvalue weighted by atomic mass is 16.5. The fraction of sp³-hybridized carbons (Fsp3) is 0.235. The molecular weight excluding hydrogens is 264 g/mol. The highest BCUT2D eigenvalue weighted by Crippen LogP contribution is 2.33. The maximum absolute atomic E-state index is 10.0. The fourth-order valence-electron chi connectivity index (χ4n) is 2.49. The summed E-state index contributed by atoms with van der Waals surface area (Å²) in [6.45, 7) is 2.07. The quantitative estimate of drug-likeness (QED) is 0.909. The summed E-state index contributed by atoms with van der Waals surface area (Å²) in [7, 11) is 1.62. The van der Waals surface area contributed by atoms with E-state index in [-0.39, 0.29) is 11.8 Å². The van der Waals surface area contributed by atoms with Gasteiger partial charge in [0, 0.05) is 12.0 Å². The Balaban J connectivity index is 1.81. The number of ether oxygens (including phenoxy) is 1. The SMILES string of the molecule is COc1ccc(O)c(C2CC(c3ccc(C)cc3)=NN2)c1. The number of methoxy groups -OCH3 is 1. The molecular formula is C17H18N2O2. The van der Waals surface area contributed by atoms with Gasteiger partial charge in [-0.25, -0.2) is 0 Å². The summed E-state index contributed by atoms with van der Waals surface area (Å²) in [6.07, 6.45) is 0.740. The normalized spacial score (nSPS) is 17.2. The van der Waals surface area contributed by atoms with Crippen molar-refractivity contribution in [1.29, 1.82) is 0 Å². The van der Waals surface area contributed by atoms with Crippen LogP contribution < -0.4 is 10.2 Å². The van der Waals surface area contributed by atoms with Crippen molar-refractivity contribution >= 4 is 5.71 Å². The summed E-state index contributed by atoms with van der Waals surface area (Å²) < 4.78 is 5.22. The molecule has 0 amide bonds. The van der Waals surface area contributed by atoms with Crippen molar-refractivity contribution in [2.75, 3.05) is 7.11 Å². The lowest BCUT2D eigenvalue weighted by molar-refractivity contribution is 0.408. The van der Waals surface area contributed by atoms with Crippen molar-refractivity contribution in [2.45, 2.75) is 19.4 Å². The predicted molar refractivity (Wildman–Crippen MR) is 82.9 cm³/mol. The Bertz CT molecular complexity index is 678. The van der Waals surface area contributed by atoms with Crippen molar-refractivity contribution in [3.63, 3.8) is 0 Å². The molecule has 1 aliphatic rings. The second-order valence-electron chi connectivity index (χ2n) is 5.24. The van der Waals surface area contributed by atoms with Crippen LogP contribution in [0.15, 0.2) is 47.6 Å². The van der Waals surface area contributed by atoms with Gasteiger partial charge < -0.3 is 15.3 Å². The monoisotopic (exact) mass is 282 g/mol. The molecule has 0 bridgehead atoms. The van der Waals surface area contributed by atoms with Gasteiger partial charge in [0.15, 0.2) is 0 Å². The van der Waals surface area contributed by atoms with Crippen molar-refractivity contribution in [1.82, 2.24) is 5.43 Å². The van der Waals surface area contributed by atoms with Crippen LogP contribution in [0.3, 0.4) is 0 Å². The van der Waals surface area contributed by atoms with Crippen molar-refractivity contribution in [3.05, 3.63) is 59.2 Å². The molecule has 108 valence electrons. The first-order valence-electron chi connectivity index (χ1n) is 6.93. The van der Waals surface area contributed by atoms with Crippen molar-refractivity contribution in [2.24, 2.45) is 5.10 Å². The van der Waals surface area contributed by atoms with Gasteiger partial charge in [-0.1, -0.05) is 29.8 Å². The van der Waals surface area contributed by atoms with E-state index in [4.69, 9.17) is 4.74 Å². The first-order chi connectivity index (χ1) is 10.2. The van der Waals surface area contributed by atoms with E-state index in [2.05, 4.69) is 41.7 Å². The van der Waals surface area contributed by atoms with E-state index in [1.165, 1.54) is 5.56 Å². The first kappa shape index (κ1) is 13.5. The third-order valence-electron chi connectivity index (χ3n) is 3.75. The van der Waals surface area contributed by atoms with E-state index in [0.29, 0.717) is 0 Å². The molecule has 3 rings (SSSR count). The molecule has 2 N–H and O–H groups in total. The lowest BCUT2D eigenvalue weighted by atomic mass is 9.98. The Morgan fingerprint density at radius 1 is 1.19 bits per heavy atom. The largest absolute Gasteiger partial charge is 0.508 e. The zero-order valence-electron chi connectivity index (χ0n) is 12.1. The summed E-state index contributed by atoms with van der Waals surface area (Å²) in [5.41, 5.74) is 7.25. The van der Waals surface area contributed by atoms with Crippen LogP contribution in [0.5, 0.6) is 11.5 Å². The van der Waals surface area contributed by atoms with E-state index in [0.717, 1.165) is 29.0 Å². The Morgan fingerprint density at radius 2 is 1.95 bits per heavy atom. The van der Waals surface area contributed by atoms with Crippen molar-refractivity contribution in [3.8, 4) is 11.5 Å². The van der Waals surface area contributed by atoms with Crippen LogP contribution >= 0.6 is 0 Å². The molecule has 2 aromatic rings. The van der Waals surface area contributed by atoms with Gasteiger partial charge in [-0.3, -0.25) is 0 Å². The number of aromatic hydroxyl groups is 1. The molecule has 1 atom stereocenters. The number of nitrogens with one attached hydrogen (secondary N) is 1. The zero-order valence-corrected chi connectivity index (χ0v) is 12.1. The summed E-state index contributed by atoms with van der Waals surface area (Å²) >= 11 is 0. The molecule has 21 heavy (non-hydrogen) atoms. The van der Waals surface area contributed by atoms with Gasteiger partial charge in [-0.05, 0) is 30.7 Å². The molecule has 1 aliphatic heterocycles. The standard InChI is InChI=1S/C17H18N2O2/c1-11-3-5-12(6-4-11)15-10-16(19-18-15)14-9-13(21-2)7-8-17(14)20/h3-9,16,19-20H,10H2,1-2H3. The van der Waals surface area contributed by atoms with Gasteiger partial charge in [-0.15, -0.1) is 0 Å². The molecule has 0 aromatic heterocycles. The highest BCUT2D eigenvalue weighted by molar-refractivity contribution is 6.01. The molecule has 4 heteroatoms. The van der Waals surface area contributed by atoms with Crippen molar-refractivity contribution < 1.29 is 9.84 Å². The number of nitrogens with zero attached hydrogens (tertiary/aromatic N) is 1. The molecule has 1 unspecified atom stereocenters. The Kier molecular flexibility index (Phi) is 3.52. The zero-order chi connectivity index (χ0) is 14.8. The first-order valence-corrected chi connectivity index (χ1v) is 6.93. The van der Waals surface area contributed by atoms with Gasteiger partial charge in [-0.2, -0.15) is 5.10 Å². The molecule has 0 fully saturated rings. The van der Waals surface area contributed by atoms with E-state index in [1.807, 2.05) is 6.07 Å². The average molecular weight is 282 g/mol. The van der Waals surface area contributed by atoms with Crippen LogP contribution in [0, 0.1) is 6.92 Å². The number of benzene rings is 2. The number of rotatable bonds is 3. The minimum atomic E-state index is -0.0311. The number of phenols is 1. The van der Waals surface area contributed by atoms with Gasteiger partial charge >= 0.3 is 0 Å². The summed E-state index contributed by atoms with van der Waals surface area (Å²) in [5, 5.41) is 14.4. The number of hydrogen-bond acceptors (Lipinski definition) is 4. The minimum absolute atomic E-state index is 0.0311. The Labute approximate surface area is 124 Å². The molecule has 2 aromatic carbocycles. The average Bonchev–Trinajstić information content (AvgIpc) is 2.98. The molecule has 0 radical (unpaired) electrons. The van der Waals surface area contributed by atoms with Crippen LogP contribution in [-0.2, 0) is 0 Å². The number of phenolic OH excluding ortho intramolecular Hbond substituents is 1. The third kappa shape index (κ3) is 2.70. The highest BCUT2D eigenvalue weighted by Gasteiger charge is 2.23. The molecule has 4 nitrogen and oxygen atoms in total. The van der Waals surface area contributed by atoms with Crippen LogP contribution in [-0.4, -0.2) is 17.9 Å². The number of aryl methyl sites for hydroxylation is 1. The maximum Gasteiger partial charge on any atom is 0.121 e. The molecule has 1 heterocycles. The van der Waals surface area contributed by atoms with E-state index in [1.54, 1.807) is 19.2 Å². The van der Waals surface area contributed by atoms with Crippen LogP contribution in [0.2, 0.25) is 0 Å². The smallest absolute Gasteiger partial charge is 0.121 e. The van der Waals surface area contributed by atoms with Crippen LogP contribution in [0.4, 0.5) is 0 Å². The van der Waals surface area contributed by atoms with Crippen LogP contribution in [0.25, 0.3) is 0 Å². The summed E-state index contributed by atoms with van der Waals surface area (Å²) in [4.78, 5) is 0. The van der Waals surface area contributed by atoms with Gasteiger partial charge in [0.2, 0.25) is 0 Å². The number of hydrazone groups is 1. The summed E-state index contributed by atoms with van der Waals surface area (Å²) in [6, 6.07) is 13.5. The topological polar surface area (TPSA) is 53.9 Å². The Hall–Kier alpha value is -2.49. The van der Waals surface area contributed by atoms with E-state index < -0.39 is 0 Å². The van der Waals surface area contributed by atoms with E-state index >= 15 is 0 Å². The third-order valence-corrected chi connectivity index (χ3v) is 3.75. The second kappa shape index (κ2) is 5.48. The van der Waals surface area contributed by atoms with Gasteiger partial charge in [0.25, 0.3) is 0 Å². The second-order valence-corrected chi connectivity index (χ2v) is 5.24. The maximum atomic E-state index is 10.0.